The van der Waals surface area contributed by atoms with E-state index in [1.165, 1.54) is 31.0 Å². The number of thiocarbonyl (C=S) groups is 1. The van der Waals surface area contributed by atoms with Crippen LogP contribution in [0.5, 0.6) is 5.75 Å². The van der Waals surface area contributed by atoms with E-state index in [0.717, 1.165) is 41.1 Å². The van der Waals surface area contributed by atoms with Crippen molar-refractivity contribution < 1.29 is 19.4 Å². The number of thioether (sulfide) groups is 1. The lowest BCUT2D eigenvalue weighted by Crippen LogP contribution is -2.29. The third-order valence-electron chi connectivity index (χ3n) is 6.59. The highest BCUT2D eigenvalue weighted by Crippen LogP contribution is 2.35. The molecule has 0 unspecified atom stereocenters. The summed E-state index contributed by atoms with van der Waals surface area (Å²) in [6.45, 7) is 3.38. The van der Waals surface area contributed by atoms with E-state index >= 15 is 0 Å². The number of aromatic nitrogens is 2. The van der Waals surface area contributed by atoms with Crippen LogP contribution in [0, 0.1) is 0 Å². The van der Waals surface area contributed by atoms with Crippen LogP contribution in [0.1, 0.15) is 63.9 Å². The Bertz CT molecular complexity index is 1340. The molecule has 1 aliphatic heterocycles. The van der Waals surface area contributed by atoms with Crippen molar-refractivity contribution in [1.29, 1.82) is 0 Å². The average molecular weight is 578 g/mol. The molecule has 2 heterocycles. The van der Waals surface area contributed by atoms with Crippen molar-refractivity contribution in [3.8, 4) is 22.7 Å². The van der Waals surface area contributed by atoms with Gasteiger partial charge in [-0.05, 0) is 61.7 Å². The molecule has 0 bridgehead atoms. The van der Waals surface area contributed by atoms with Crippen LogP contribution in [0.3, 0.4) is 0 Å². The van der Waals surface area contributed by atoms with Crippen LogP contribution in [0.15, 0.2) is 65.7 Å². The first-order chi connectivity index (χ1) is 19.5. The molecule has 2 aromatic carbocycles. The standard InChI is InChI=1S/C31H35N3O4S2/c1-2-3-4-11-20-38-26-17-15-23(16-18-26)29-24(22-34(32-29)25-12-7-5-8-13-25)21-27-30(37)33(31(39)40-27)19-10-6-9-14-28(35)36/h5,7-8,12-13,15-18,21-22H,2-4,6,9-11,14,19-20H2,1H3,(H,35,36)/b27-21-. The van der Waals surface area contributed by atoms with Crippen molar-refractivity contribution in [3.63, 3.8) is 0 Å². The van der Waals surface area contributed by atoms with Gasteiger partial charge in [-0.1, -0.05) is 74.8 Å². The second-order valence-electron chi connectivity index (χ2n) is 9.68. The van der Waals surface area contributed by atoms with Crippen molar-refractivity contribution in [3.05, 3.63) is 71.3 Å². The summed E-state index contributed by atoms with van der Waals surface area (Å²) in [6.07, 6.45) is 10.6. The molecule has 1 saturated heterocycles. The topological polar surface area (TPSA) is 84.7 Å². The molecule has 1 N–H and O–H groups in total. The van der Waals surface area contributed by atoms with Gasteiger partial charge in [0.25, 0.3) is 5.91 Å². The predicted molar refractivity (Wildman–Crippen MR) is 165 cm³/mol. The van der Waals surface area contributed by atoms with Gasteiger partial charge in [0, 0.05) is 30.3 Å². The molecule has 0 atom stereocenters. The van der Waals surface area contributed by atoms with Gasteiger partial charge in [-0.3, -0.25) is 14.5 Å². The van der Waals surface area contributed by atoms with E-state index in [0.29, 0.717) is 35.2 Å². The van der Waals surface area contributed by atoms with E-state index in [1.807, 2.05) is 71.6 Å². The molecule has 3 aromatic rings. The quantitative estimate of drug-likeness (QED) is 0.115. The number of ether oxygens (including phenoxy) is 1. The number of nitrogens with zero attached hydrogens (tertiary/aromatic N) is 3. The number of rotatable bonds is 15. The van der Waals surface area contributed by atoms with Gasteiger partial charge in [-0.25, -0.2) is 4.68 Å². The molecule has 1 fully saturated rings. The highest BCUT2D eigenvalue weighted by atomic mass is 32.2. The maximum absolute atomic E-state index is 13.2. The lowest BCUT2D eigenvalue weighted by Gasteiger charge is -2.13. The first-order valence-electron chi connectivity index (χ1n) is 13.8. The van der Waals surface area contributed by atoms with Gasteiger partial charge in [0.05, 0.1) is 22.9 Å². The van der Waals surface area contributed by atoms with Gasteiger partial charge in [-0.15, -0.1) is 0 Å². The Hall–Kier alpha value is -3.43. The fourth-order valence-corrected chi connectivity index (χ4v) is 5.71. The summed E-state index contributed by atoms with van der Waals surface area (Å²) in [6, 6.07) is 17.8. The normalized spacial score (nSPS) is 14.3. The van der Waals surface area contributed by atoms with Crippen molar-refractivity contribution in [2.24, 2.45) is 0 Å². The van der Waals surface area contributed by atoms with E-state index < -0.39 is 5.97 Å². The average Bonchev–Trinajstić information content (AvgIpc) is 3.49. The van der Waals surface area contributed by atoms with Crippen LogP contribution in [0.2, 0.25) is 0 Å². The predicted octanol–water partition coefficient (Wildman–Crippen LogP) is 7.34. The fraction of sp³-hybridized carbons (Fsp3) is 0.355. The number of amides is 1. The summed E-state index contributed by atoms with van der Waals surface area (Å²) in [5, 5.41) is 13.7. The number of carboxylic acids is 1. The van der Waals surface area contributed by atoms with E-state index in [4.69, 9.17) is 27.2 Å². The highest BCUT2D eigenvalue weighted by Gasteiger charge is 2.32. The molecule has 1 amide bonds. The van der Waals surface area contributed by atoms with Crippen molar-refractivity contribution in [2.45, 2.75) is 58.3 Å². The molecule has 40 heavy (non-hydrogen) atoms. The third-order valence-corrected chi connectivity index (χ3v) is 7.97. The van der Waals surface area contributed by atoms with Gasteiger partial charge in [-0.2, -0.15) is 5.10 Å². The van der Waals surface area contributed by atoms with Crippen molar-refractivity contribution in [1.82, 2.24) is 14.7 Å². The van der Waals surface area contributed by atoms with Gasteiger partial charge < -0.3 is 9.84 Å². The Morgan fingerprint density at radius 1 is 1.02 bits per heavy atom. The molecule has 7 nitrogen and oxygen atoms in total. The summed E-state index contributed by atoms with van der Waals surface area (Å²) in [5.41, 5.74) is 3.42. The number of hydrogen-bond donors (Lipinski definition) is 1. The molecule has 0 saturated carbocycles. The fourth-order valence-electron chi connectivity index (χ4n) is 4.42. The second kappa shape index (κ2) is 14.8. The summed E-state index contributed by atoms with van der Waals surface area (Å²) in [7, 11) is 0. The molecule has 1 aromatic heterocycles. The molecule has 1 aliphatic rings. The van der Waals surface area contributed by atoms with Crippen molar-refractivity contribution >= 4 is 46.3 Å². The minimum atomic E-state index is -0.801. The van der Waals surface area contributed by atoms with Crippen LogP contribution in [-0.2, 0) is 9.59 Å². The molecule has 210 valence electrons. The molecule has 4 rings (SSSR count). The van der Waals surface area contributed by atoms with Gasteiger partial charge in [0.2, 0.25) is 0 Å². The van der Waals surface area contributed by atoms with Crippen LogP contribution in [-0.4, -0.2) is 49.1 Å². The number of aliphatic carboxylic acids is 1. The van der Waals surface area contributed by atoms with Gasteiger partial charge in [0.15, 0.2) is 0 Å². The molecule has 0 aliphatic carbocycles. The number of hydrogen-bond acceptors (Lipinski definition) is 6. The number of carbonyl (C=O) groups is 2. The number of unbranched alkanes of at least 4 members (excludes halogenated alkanes) is 5. The Balaban J connectivity index is 1.53. The van der Waals surface area contributed by atoms with Crippen LogP contribution in [0.25, 0.3) is 23.0 Å². The maximum atomic E-state index is 13.2. The zero-order chi connectivity index (χ0) is 28.3. The summed E-state index contributed by atoms with van der Waals surface area (Å²) in [5.74, 6) is -0.100. The summed E-state index contributed by atoms with van der Waals surface area (Å²) < 4.78 is 8.26. The third kappa shape index (κ3) is 8.05. The van der Waals surface area contributed by atoms with Gasteiger partial charge in [0.1, 0.15) is 10.1 Å². The maximum Gasteiger partial charge on any atom is 0.303 e. The summed E-state index contributed by atoms with van der Waals surface area (Å²) in [4.78, 5) is 26.1. The lowest BCUT2D eigenvalue weighted by molar-refractivity contribution is -0.137. The number of para-hydroxylation sites is 1. The largest absolute Gasteiger partial charge is 0.494 e. The van der Waals surface area contributed by atoms with E-state index in [2.05, 4.69) is 6.92 Å². The Morgan fingerprint density at radius 3 is 2.50 bits per heavy atom. The van der Waals surface area contributed by atoms with Crippen LogP contribution >= 0.6 is 24.0 Å². The monoisotopic (exact) mass is 577 g/mol. The minimum Gasteiger partial charge on any atom is -0.494 e. The molecule has 0 radical (unpaired) electrons. The Labute approximate surface area is 245 Å². The number of carboxylic acid groups (broad SMARTS) is 1. The van der Waals surface area contributed by atoms with E-state index in [1.54, 1.807) is 4.90 Å². The highest BCUT2D eigenvalue weighted by molar-refractivity contribution is 8.26. The van der Waals surface area contributed by atoms with Crippen molar-refractivity contribution in [2.75, 3.05) is 13.2 Å². The Morgan fingerprint density at radius 2 is 1.77 bits per heavy atom. The van der Waals surface area contributed by atoms with Crippen LogP contribution < -0.4 is 4.74 Å². The molecular weight excluding hydrogens is 542 g/mol. The lowest BCUT2D eigenvalue weighted by atomic mass is 10.1. The van der Waals surface area contributed by atoms with Crippen LogP contribution in [0.4, 0.5) is 0 Å². The molecule has 9 heteroatoms. The minimum absolute atomic E-state index is 0.126. The number of carbonyl (C=O) groups excluding carboxylic acids is 1. The SMILES string of the molecule is CCCCCCOc1ccc(-c2nn(-c3ccccc3)cc2/C=C2\SC(=S)N(CCCCCC(=O)O)C2=O)cc1. The zero-order valence-corrected chi connectivity index (χ0v) is 24.4. The van der Waals surface area contributed by atoms with E-state index in [-0.39, 0.29) is 12.3 Å². The smallest absolute Gasteiger partial charge is 0.303 e. The summed E-state index contributed by atoms with van der Waals surface area (Å²) >= 11 is 6.80. The van der Waals surface area contributed by atoms with E-state index in [9.17, 15) is 9.59 Å². The second-order valence-corrected chi connectivity index (χ2v) is 11.4. The molecular formula is C31H35N3O4S2. The van der Waals surface area contributed by atoms with Gasteiger partial charge >= 0.3 is 5.97 Å². The zero-order valence-electron chi connectivity index (χ0n) is 22.8. The Kier molecular flexibility index (Phi) is 10.9. The first kappa shape index (κ1) is 29.6. The number of benzene rings is 2. The first-order valence-corrected chi connectivity index (χ1v) is 15.0. The molecule has 0 spiro atoms.